The van der Waals surface area contributed by atoms with Gasteiger partial charge >= 0.3 is 0 Å². The second kappa shape index (κ2) is 4.34. The molecule has 0 aliphatic heterocycles. The van der Waals surface area contributed by atoms with Gasteiger partial charge in [0.1, 0.15) is 11.5 Å². The fourth-order valence-electron chi connectivity index (χ4n) is 2.45. The SMILES string of the molecule is CC(C)(C)n1c(-c2cccc(N)n2)nc2ccccc21. The molecule has 4 heteroatoms. The Morgan fingerprint density at radius 1 is 0.950 bits per heavy atom. The minimum atomic E-state index is -0.0856. The molecule has 0 aliphatic rings. The van der Waals surface area contributed by atoms with Crippen LogP contribution >= 0.6 is 0 Å². The van der Waals surface area contributed by atoms with E-state index in [1.54, 1.807) is 6.07 Å². The molecule has 0 saturated heterocycles. The van der Waals surface area contributed by atoms with Crippen molar-refractivity contribution in [3.8, 4) is 11.5 Å². The number of hydrogen-bond donors (Lipinski definition) is 1. The maximum atomic E-state index is 5.80. The van der Waals surface area contributed by atoms with E-state index in [4.69, 9.17) is 10.7 Å². The van der Waals surface area contributed by atoms with Gasteiger partial charge < -0.3 is 10.3 Å². The lowest BCUT2D eigenvalue weighted by Crippen LogP contribution is -2.22. The van der Waals surface area contributed by atoms with Crippen LogP contribution in [0, 0.1) is 0 Å². The number of hydrogen-bond acceptors (Lipinski definition) is 3. The highest BCUT2D eigenvalue weighted by Gasteiger charge is 2.22. The first-order valence-corrected chi connectivity index (χ1v) is 6.68. The molecular weight excluding hydrogens is 248 g/mol. The number of imidazole rings is 1. The molecule has 0 atom stereocenters. The van der Waals surface area contributed by atoms with E-state index in [1.807, 2.05) is 30.3 Å². The van der Waals surface area contributed by atoms with Crippen LogP contribution in [0.3, 0.4) is 0 Å². The lowest BCUT2D eigenvalue weighted by Gasteiger charge is -2.24. The average molecular weight is 266 g/mol. The average Bonchev–Trinajstić information content (AvgIpc) is 2.77. The van der Waals surface area contributed by atoms with Gasteiger partial charge in [-0.25, -0.2) is 9.97 Å². The van der Waals surface area contributed by atoms with E-state index in [9.17, 15) is 0 Å². The van der Waals surface area contributed by atoms with Crippen LogP contribution in [0.1, 0.15) is 20.8 Å². The van der Waals surface area contributed by atoms with Crippen LogP contribution in [0.15, 0.2) is 42.5 Å². The molecule has 4 nitrogen and oxygen atoms in total. The fourth-order valence-corrected chi connectivity index (χ4v) is 2.45. The highest BCUT2D eigenvalue weighted by atomic mass is 15.1. The summed E-state index contributed by atoms with van der Waals surface area (Å²) in [5, 5.41) is 0. The molecule has 3 aromatic rings. The molecule has 102 valence electrons. The molecule has 1 aromatic carbocycles. The van der Waals surface area contributed by atoms with Gasteiger partial charge in [-0.2, -0.15) is 0 Å². The Bertz CT molecular complexity index is 765. The summed E-state index contributed by atoms with van der Waals surface area (Å²) in [5.74, 6) is 1.36. The normalized spacial score (nSPS) is 11.9. The van der Waals surface area contributed by atoms with Crippen molar-refractivity contribution in [3.63, 3.8) is 0 Å². The van der Waals surface area contributed by atoms with Gasteiger partial charge in [0.2, 0.25) is 0 Å². The predicted molar refractivity (Wildman–Crippen MR) is 82.4 cm³/mol. The number of para-hydroxylation sites is 2. The first kappa shape index (κ1) is 12.7. The largest absolute Gasteiger partial charge is 0.384 e. The number of nitrogens with zero attached hydrogens (tertiary/aromatic N) is 3. The Kier molecular flexibility index (Phi) is 2.74. The summed E-state index contributed by atoms with van der Waals surface area (Å²) in [7, 11) is 0. The molecule has 2 aromatic heterocycles. The first-order valence-electron chi connectivity index (χ1n) is 6.68. The lowest BCUT2D eigenvalue weighted by atomic mass is 10.1. The zero-order valence-corrected chi connectivity index (χ0v) is 12.0. The number of pyridine rings is 1. The molecule has 0 unspecified atom stereocenters. The van der Waals surface area contributed by atoms with Crippen LogP contribution in [-0.2, 0) is 5.54 Å². The molecule has 0 aliphatic carbocycles. The summed E-state index contributed by atoms with van der Waals surface area (Å²) in [6, 6.07) is 13.8. The number of rotatable bonds is 1. The molecule has 0 spiro atoms. The van der Waals surface area contributed by atoms with Crippen LogP contribution in [0.25, 0.3) is 22.6 Å². The summed E-state index contributed by atoms with van der Waals surface area (Å²) >= 11 is 0. The molecule has 0 bridgehead atoms. The quantitative estimate of drug-likeness (QED) is 0.734. The van der Waals surface area contributed by atoms with E-state index in [0.717, 1.165) is 22.6 Å². The van der Waals surface area contributed by atoms with Crippen LogP contribution < -0.4 is 5.73 Å². The summed E-state index contributed by atoms with van der Waals surface area (Å²) in [5.41, 5.74) is 8.60. The second-order valence-electron chi connectivity index (χ2n) is 5.88. The smallest absolute Gasteiger partial charge is 0.160 e. The van der Waals surface area contributed by atoms with Crippen LogP contribution in [0.5, 0.6) is 0 Å². The minimum Gasteiger partial charge on any atom is -0.384 e. The maximum Gasteiger partial charge on any atom is 0.160 e. The highest BCUT2D eigenvalue weighted by molar-refractivity contribution is 5.80. The van der Waals surface area contributed by atoms with Gasteiger partial charge in [-0.05, 0) is 45.0 Å². The van der Waals surface area contributed by atoms with Crippen molar-refractivity contribution < 1.29 is 0 Å². The van der Waals surface area contributed by atoms with Crippen molar-refractivity contribution in [1.29, 1.82) is 0 Å². The molecule has 0 saturated carbocycles. The number of benzene rings is 1. The molecule has 2 heterocycles. The van der Waals surface area contributed by atoms with Gasteiger partial charge in [0, 0.05) is 5.54 Å². The predicted octanol–water partition coefficient (Wildman–Crippen LogP) is 3.44. The maximum absolute atomic E-state index is 5.80. The Balaban J connectivity index is 2.35. The fraction of sp³-hybridized carbons (Fsp3) is 0.250. The summed E-state index contributed by atoms with van der Waals surface area (Å²) in [6.45, 7) is 6.49. The van der Waals surface area contributed by atoms with E-state index < -0.39 is 0 Å². The standard InChI is InChI=1S/C16H18N4/c1-16(2,3)20-13-9-5-4-7-11(13)19-15(20)12-8-6-10-14(17)18-12/h4-10H,1-3H3,(H2,17,18). The van der Waals surface area contributed by atoms with Gasteiger partial charge in [-0.15, -0.1) is 0 Å². The summed E-state index contributed by atoms with van der Waals surface area (Å²) in [4.78, 5) is 9.14. The van der Waals surface area contributed by atoms with E-state index in [0.29, 0.717) is 5.82 Å². The van der Waals surface area contributed by atoms with Gasteiger partial charge in [0.25, 0.3) is 0 Å². The second-order valence-corrected chi connectivity index (χ2v) is 5.88. The molecular formula is C16H18N4. The van der Waals surface area contributed by atoms with E-state index in [1.165, 1.54) is 0 Å². The van der Waals surface area contributed by atoms with Crippen LogP contribution in [-0.4, -0.2) is 14.5 Å². The van der Waals surface area contributed by atoms with Crippen molar-refractivity contribution in [1.82, 2.24) is 14.5 Å². The van der Waals surface area contributed by atoms with Crippen LogP contribution in [0.4, 0.5) is 5.82 Å². The number of aromatic nitrogens is 3. The first-order chi connectivity index (χ1) is 9.47. The number of fused-ring (bicyclic) bond motifs is 1. The van der Waals surface area contributed by atoms with Crippen LogP contribution in [0.2, 0.25) is 0 Å². The lowest BCUT2D eigenvalue weighted by molar-refractivity contribution is 0.412. The zero-order chi connectivity index (χ0) is 14.3. The molecule has 20 heavy (non-hydrogen) atoms. The minimum absolute atomic E-state index is 0.0856. The van der Waals surface area contributed by atoms with Gasteiger partial charge in [-0.1, -0.05) is 18.2 Å². The Morgan fingerprint density at radius 2 is 1.70 bits per heavy atom. The van der Waals surface area contributed by atoms with Crippen molar-refractivity contribution in [3.05, 3.63) is 42.5 Å². The molecule has 2 N–H and O–H groups in total. The number of anilines is 1. The molecule has 0 amide bonds. The van der Waals surface area contributed by atoms with Gasteiger partial charge in [0.15, 0.2) is 5.82 Å². The summed E-state index contributed by atoms with van der Waals surface area (Å²) in [6.07, 6.45) is 0. The van der Waals surface area contributed by atoms with Crippen molar-refractivity contribution in [2.24, 2.45) is 0 Å². The highest BCUT2D eigenvalue weighted by Crippen LogP contribution is 2.30. The van der Waals surface area contributed by atoms with Crippen molar-refractivity contribution in [2.45, 2.75) is 26.3 Å². The number of nitrogens with two attached hydrogens (primary N) is 1. The van der Waals surface area contributed by atoms with Gasteiger partial charge in [-0.3, -0.25) is 0 Å². The third kappa shape index (κ3) is 2.03. The molecule has 0 radical (unpaired) electrons. The number of nitrogen functional groups attached to an aromatic ring is 1. The topological polar surface area (TPSA) is 56.7 Å². The van der Waals surface area contributed by atoms with E-state index in [2.05, 4.69) is 36.4 Å². The van der Waals surface area contributed by atoms with Gasteiger partial charge in [0.05, 0.1) is 11.0 Å². The summed E-state index contributed by atoms with van der Waals surface area (Å²) < 4.78 is 2.21. The molecule has 3 rings (SSSR count). The van der Waals surface area contributed by atoms with Crippen molar-refractivity contribution >= 4 is 16.9 Å². The zero-order valence-electron chi connectivity index (χ0n) is 12.0. The molecule has 0 fully saturated rings. The Labute approximate surface area is 118 Å². The monoisotopic (exact) mass is 266 g/mol. The Hall–Kier alpha value is -2.36. The Morgan fingerprint density at radius 3 is 2.40 bits per heavy atom. The van der Waals surface area contributed by atoms with Crippen molar-refractivity contribution in [2.75, 3.05) is 5.73 Å². The third-order valence-corrected chi connectivity index (χ3v) is 3.23. The third-order valence-electron chi connectivity index (χ3n) is 3.23. The van der Waals surface area contributed by atoms with E-state index in [-0.39, 0.29) is 5.54 Å². The van der Waals surface area contributed by atoms with E-state index >= 15 is 0 Å².